The Morgan fingerprint density at radius 2 is 2.12 bits per heavy atom. The minimum Gasteiger partial charge on any atom is -0.337 e. The fourth-order valence-corrected chi connectivity index (χ4v) is 2.46. The lowest BCUT2D eigenvalue weighted by atomic mass is 10.0. The van der Waals surface area contributed by atoms with Gasteiger partial charge in [-0.1, -0.05) is 0 Å². The van der Waals surface area contributed by atoms with Gasteiger partial charge in [-0.25, -0.2) is 0 Å². The molecule has 0 saturated carbocycles. The normalized spacial score (nSPS) is 24.8. The van der Waals surface area contributed by atoms with E-state index in [-0.39, 0.29) is 5.91 Å². The summed E-state index contributed by atoms with van der Waals surface area (Å²) >= 11 is 0. The van der Waals surface area contributed by atoms with Crippen LogP contribution in [0.2, 0.25) is 0 Å². The van der Waals surface area contributed by atoms with Crippen molar-refractivity contribution in [1.82, 2.24) is 15.1 Å². The maximum Gasteiger partial charge on any atom is 0.249 e. The molecule has 2 saturated heterocycles. The van der Waals surface area contributed by atoms with Crippen LogP contribution in [0.4, 0.5) is 0 Å². The average molecular weight is 237 g/mol. The van der Waals surface area contributed by atoms with Gasteiger partial charge in [-0.05, 0) is 39.4 Å². The van der Waals surface area contributed by atoms with Crippen molar-refractivity contribution in [3.8, 4) is 0 Å². The molecule has 2 rings (SSSR count). The Balaban J connectivity index is 1.99. The van der Waals surface area contributed by atoms with Crippen molar-refractivity contribution in [1.29, 1.82) is 0 Å². The van der Waals surface area contributed by atoms with E-state index in [1.54, 1.807) is 0 Å². The van der Waals surface area contributed by atoms with Gasteiger partial charge in [0.05, 0.1) is 0 Å². The number of amides is 1. The van der Waals surface area contributed by atoms with Crippen LogP contribution in [0.5, 0.6) is 0 Å². The molecule has 4 heteroatoms. The molecule has 1 unspecified atom stereocenters. The first-order valence-corrected chi connectivity index (χ1v) is 6.44. The van der Waals surface area contributed by atoms with Crippen molar-refractivity contribution in [2.24, 2.45) is 0 Å². The molecule has 0 bridgehead atoms. The second-order valence-electron chi connectivity index (χ2n) is 5.34. The predicted octanol–water partition coefficient (Wildman–Crippen LogP) is 0.459. The summed E-state index contributed by atoms with van der Waals surface area (Å²) in [6, 6.07) is 0.519. The third-order valence-electron chi connectivity index (χ3n) is 3.94. The average Bonchev–Trinajstić information content (AvgIpc) is 2.25. The lowest BCUT2D eigenvalue weighted by Crippen LogP contribution is -2.48. The largest absolute Gasteiger partial charge is 0.337 e. The molecule has 0 aromatic heterocycles. The quantitative estimate of drug-likeness (QED) is 0.709. The van der Waals surface area contributed by atoms with E-state index in [9.17, 15) is 4.79 Å². The zero-order valence-corrected chi connectivity index (χ0v) is 11.1. The van der Waals surface area contributed by atoms with Crippen LogP contribution >= 0.6 is 0 Å². The minimum absolute atomic E-state index is 0.244. The second-order valence-corrected chi connectivity index (χ2v) is 5.34. The summed E-state index contributed by atoms with van der Waals surface area (Å²) in [5.41, 5.74) is 2.24. The highest BCUT2D eigenvalue weighted by Crippen LogP contribution is 2.18. The van der Waals surface area contributed by atoms with Gasteiger partial charge < -0.3 is 15.1 Å². The van der Waals surface area contributed by atoms with Gasteiger partial charge in [0, 0.05) is 37.8 Å². The number of rotatable bonds is 2. The molecule has 4 nitrogen and oxygen atoms in total. The van der Waals surface area contributed by atoms with E-state index in [2.05, 4.69) is 24.3 Å². The zero-order chi connectivity index (χ0) is 12.4. The molecule has 0 spiro atoms. The van der Waals surface area contributed by atoms with E-state index >= 15 is 0 Å². The molecule has 0 radical (unpaired) electrons. The molecule has 2 aliphatic rings. The van der Waals surface area contributed by atoms with E-state index in [1.807, 2.05) is 11.8 Å². The first kappa shape index (κ1) is 12.6. The summed E-state index contributed by atoms with van der Waals surface area (Å²) in [4.78, 5) is 16.6. The summed E-state index contributed by atoms with van der Waals surface area (Å²) in [5.74, 6) is 0.244. The Hall–Kier alpha value is -0.870. The van der Waals surface area contributed by atoms with E-state index < -0.39 is 0 Å². The lowest BCUT2D eigenvalue weighted by molar-refractivity contribution is -0.129. The van der Waals surface area contributed by atoms with Crippen LogP contribution in [0.15, 0.2) is 11.1 Å². The smallest absolute Gasteiger partial charge is 0.249 e. The Morgan fingerprint density at radius 3 is 2.65 bits per heavy atom. The maximum atomic E-state index is 12.3. The summed E-state index contributed by atoms with van der Waals surface area (Å²) in [6.45, 7) is 5.55. The number of nitrogens with one attached hydrogen (secondary N) is 1. The summed E-state index contributed by atoms with van der Waals surface area (Å²) in [6.07, 6.45) is 2.32. The lowest BCUT2D eigenvalue weighted by Gasteiger charge is -2.37. The van der Waals surface area contributed by atoms with E-state index in [0.717, 1.165) is 38.2 Å². The van der Waals surface area contributed by atoms with Crippen LogP contribution in [0.1, 0.15) is 19.8 Å². The Labute approximate surface area is 104 Å². The van der Waals surface area contributed by atoms with Crippen molar-refractivity contribution in [3.05, 3.63) is 11.1 Å². The SMILES string of the molecule is CC(C(=O)N1CCCC(N(C)C)C1)=C1CNC1. The molecule has 96 valence electrons. The highest BCUT2D eigenvalue weighted by Gasteiger charge is 2.27. The number of hydrogen-bond acceptors (Lipinski definition) is 3. The molecule has 2 heterocycles. The van der Waals surface area contributed by atoms with Crippen LogP contribution in [-0.4, -0.2) is 62.0 Å². The van der Waals surface area contributed by atoms with Crippen molar-refractivity contribution >= 4 is 5.91 Å². The van der Waals surface area contributed by atoms with E-state index in [0.29, 0.717) is 6.04 Å². The van der Waals surface area contributed by atoms with Crippen LogP contribution in [0, 0.1) is 0 Å². The molecule has 1 amide bonds. The molecule has 17 heavy (non-hydrogen) atoms. The van der Waals surface area contributed by atoms with Gasteiger partial charge in [-0.3, -0.25) is 4.79 Å². The van der Waals surface area contributed by atoms with Gasteiger partial charge in [0.2, 0.25) is 5.91 Å². The molecular weight excluding hydrogens is 214 g/mol. The minimum atomic E-state index is 0.244. The third-order valence-corrected chi connectivity index (χ3v) is 3.94. The third kappa shape index (κ3) is 2.69. The van der Waals surface area contributed by atoms with Gasteiger partial charge >= 0.3 is 0 Å². The number of likely N-dealkylation sites (tertiary alicyclic amines) is 1. The number of nitrogens with zero attached hydrogens (tertiary/aromatic N) is 2. The predicted molar refractivity (Wildman–Crippen MR) is 68.9 cm³/mol. The summed E-state index contributed by atoms with van der Waals surface area (Å²) in [5, 5.41) is 3.19. The van der Waals surface area contributed by atoms with Gasteiger partial charge in [-0.2, -0.15) is 0 Å². The monoisotopic (exact) mass is 237 g/mol. The molecule has 1 N–H and O–H groups in total. The molecule has 0 aromatic rings. The molecule has 1 atom stereocenters. The van der Waals surface area contributed by atoms with Crippen LogP contribution in [0.3, 0.4) is 0 Å². The Morgan fingerprint density at radius 1 is 1.41 bits per heavy atom. The number of carbonyl (C=O) groups excluding carboxylic acids is 1. The van der Waals surface area contributed by atoms with Gasteiger partial charge in [0.25, 0.3) is 0 Å². The van der Waals surface area contributed by atoms with Crippen molar-refractivity contribution < 1.29 is 4.79 Å². The first-order chi connectivity index (χ1) is 8.09. The van der Waals surface area contributed by atoms with Crippen LogP contribution in [0.25, 0.3) is 0 Å². The number of carbonyl (C=O) groups is 1. The first-order valence-electron chi connectivity index (χ1n) is 6.44. The number of hydrogen-bond donors (Lipinski definition) is 1. The topological polar surface area (TPSA) is 35.6 Å². The molecule has 2 aliphatic heterocycles. The van der Waals surface area contributed by atoms with Gasteiger partial charge in [-0.15, -0.1) is 0 Å². The number of piperidine rings is 1. The van der Waals surface area contributed by atoms with E-state index in [4.69, 9.17) is 0 Å². The fourth-order valence-electron chi connectivity index (χ4n) is 2.46. The van der Waals surface area contributed by atoms with Crippen LogP contribution in [-0.2, 0) is 4.79 Å². The molecule has 0 aliphatic carbocycles. The zero-order valence-electron chi connectivity index (χ0n) is 11.1. The van der Waals surface area contributed by atoms with Crippen molar-refractivity contribution in [2.75, 3.05) is 40.3 Å². The van der Waals surface area contributed by atoms with Crippen molar-refractivity contribution in [3.63, 3.8) is 0 Å². The van der Waals surface area contributed by atoms with Crippen molar-refractivity contribution in [2.45, 2.75) is 25.8 Å². The highest BCUT2D eigenvalue weighted by atomic mass is 16.2. The van der Waals surface area contributed by atoms with Gasteiger partial charge in [0.15, 0.2) is 0 Å². The van der Waals surface area contributed by atoms with E-state index in [1.165, 1.54) is 12.0 Å². The standard InChI is InChI=1S/C13H23N3O/c1-10(11-7-14-8-11)13(17)16-6-4-5-12(9-16)15(2)3/h12,14H,4-9H2,1-3H3. The fraction of sp³-hybridized carbons (Fsp3) is 0.769. The Kier molecular flexibility index (Phi) is 3.84. The maximum absolute atomic E-state index is 12.3. The molecule has 0 aromatic carbocycles. The Bertz CT molecular complexity index is 330. The molecule has 2 fully saturated rings. The number of likely N-dealkylation sites (N-methyl/N-ethyl adjacent to an activating group) is 1. The molecular formula is C13H23N3O. The van der Waals surface area contributed by atoms with Crippen LogP contribution < -0.4 is 5.32 Å². The second kappa shape index (κ2) is 5.19. The highest BCUT2D eigenvalue weighted by molar-refractivity contribution is 5.94. The summed E-state index contributed by atoms with van der Waals surface area (Å²) in [7, 11) is 4.19. The summed E-state index contributed by atoms with van der Waals surface area (Å²) < 4.78 is 0. The van der Waals surface area contributed by atoms with Gasteiger partial charge in [0.1, 0.15) is 0 Å².